The molecule has 0 saturated heterocycles. The van der Waals surface area contributed by atoms with Gasteiger partial charge in [0.2, 0.25) is 0 Å². The average molecular weight is 261 g/mol. The van der Waals surface area contributed by atoms with E-state index in [1.807, 2.05) is 0 Å². The number of rotatable bonds is 5. The van der Waals surface area contributed by atoms with E-state index in [1.165, 1.54) is 31.2 Å². The van der Waals surface area contributed by atoms with Gasteiger partial charge in [0.1, 0.15) is 5.75 Å². The van der Waals surface area contributed by atoms with Crippen LogP contribution in [0, 0.1) is 5.92 Å². The maximum atomic E-state index is 6.08. The first-order chi connectivity index (χ1) is 9.17. The van der Waals surface area contributed by atoms with Gasteiger partial charge in [-0.1, -0.05) is 32.4 Å². The molecule has 1 saturated carbocycles. The minimum absolute atomic E-state index is 0.269. The SMILES string of the molecule is CCC(N)Cc1ccc(OC2CCCC(C)C2)cc1. The molecule has 0 aliphatic heterocycles. The molecule has 0 radical (unpaired) electrons. The predicted molar refractivity (Wildman–Crippen MR) is 80.5 cm³/mol. The van der Waals surface area contributed by atoms with Crippen LogP contribution in [0.2, 0.25) is 0 Å². The smallest absolute Gasteiger partial charge is 0.119 e. The summed E-state index contributed by atoms with van der Waals surface area (Å²) < 4.78 is 6.08. The molecule has 1 fully saturated rings. The van der Waals surface area contributed by atoms with Crippen molar-refractivity contribution in [1.82, 2.24) is 0 Å². The van der Waals surface area contributed by atoms with Gasteiger partial charge >= 0.3 is 0 Å². The Morgan fingerprint density at radius 2 is 2.00 bits per heavy atom. The van der Waals surface area contributed by atoms with E-state index in [0.29, 0.717) is 6.10 Å². The summed E-state index contributed by atoms with van der Waals surface area (Å²) in [4.78, 5) is 0. The summed E-state index contributed by atoms with van der Waals surface area (Å²) in [6.45, 7) is 4.46. The van der Waals surface area contributed by atoms with Crippen molar-refractivity contribution in [3.63, 3.8) is 0 Å². The maximum absolute atomic E-state index is 6.08. The van der Waals surface area contributed by atoms with Gasteiger partial charge < -0.3 is 10.5 Å². The van der Waals surface area contributed by atoms with Crippen LogP contribution >= 0.6 is 0 Å². The summed E-state index contributed by atoms with van der Waals surface area (Å²) in [7, 11) is 0. The van der Waals surface area contributed by atoms with Gasteiger partial charge in [0.05, 0.1) is 6.10 Å². The lowest BCUT2D eigenvalue weighted by Crippen LogP contribution is -2.24. The lowest BCUT2D eigenvalue weighted by atomic mass is 9.89. The van der Waals surface area contributed by atoms with Crippen LogP contribution in [0.3, 0.4) is 0 Å². The molecule has 1 aliphatic carbocycles. The Bertz CT molecular complexity index is 373. The molecule has 0 spiro atoms. The first-order valence-electron chi connectivity index (χ1n) is 7.68. The van der Waals surface area contributed by atoms with Crippen LogP contribution in [-0.2, 0) is 6.42 Å². The van der Waals surface area contributed by atoms with E-state index < -0.39 is 0 Å². The Labute approximate surface area is 117 Å². The monoisotopic (exact) mass is 261 g/mol. The van der Waals surface area contributed by atoms with Gasteiger partial charge in [-0.05, 0) is 55.7 Å². The van der Waals surface area contributed by atoms with Gasteiger partial charge in [-0.2, -0.15) is 0 Å². The van der Waals surface area contributed by atoms with Crippen LogP contribution in [-0.4, -0.2) is 12.1 Å². The average Bonchev–Trinajstić information content (AvgIpc) is 2.41. The van der Waals surface area contributed by atoms with Crippen molar-refractivity contribution in [3.05, 3.63) is 29.8 Å². The van der Waals surface area contributed by atoms with E-state index >= 15 is 0 Å². The zero-order valence-electron chi connectivity index (χ0n) is 12.3. The summed E-state index contributed by atoms with van der Waals surface area (Å²) in [5, 5.41) is 0. The summed E-state index contributed by atoms with van der Waals surface area (Å²) in [6.07, 6.45) is 7.45. The lowest BCUT2D eigenvalue weighted by molar-refractivity contribution is 0.129. The van der Waals surface area contributed by atoms with Crippen molar-refractivity contribution in [2.75, 3.05) is 0 Å². The quantitative estimate of drug-likeness (QED) is 0.871. The van der Waals surface area contributed by atoms with Crippen molar-refractivity contribution in [2.45, 2.75) is 64.5 Å². The van der Waals surface area contributed by atoms with Gasteiger partial charge in [-0.15, -0.1) is 0 Å². The Balaban J connectivity index is 1.87. The Morgan fingerprint density at radius 1 is 1.26 bits per heavy atom. The standard InChI is InChI=1S/C17H27NO/c1-3-15(18)12-14-7-9-16(10-8-14)19-17-6-4-5-13(2)11-17/h7-10,13,15,17H,3-6,11-12,18H2,1-2H3. The summed E-state index contributed by atoms with van der Waals surface area (Å²) in [5.74, 6) is 1.81. The molecule has 0 aromatic heterocycles. The largest absolute Gasteiger partial charge is 0.490 e. The normalized spacial score (nSPS) is 25.0. The molecular weight excluding hydrogens is 234 g/mol. The highest BCUT2D eigenvalue weighted by Crippen LogP contribution is 2.27. The lowest BCUT2D eigenvalue weighted by Gasteiger charge is -2.27. The van der Waals surface area contributed by atoms with Gasteiger partial charge in [0.25, 0.3) is 0 Å². The summed E-state index contributed by atoms with van der Waals surface area (Å²) in [5.41, 5.74) is 7.28. The Hall–Kier alpha value is -1.02. The Morgan fingerprint density at radius 3 is 2.63 bits per heavy atom. The fraction of sp³-hybridized carbons (Fsp3) is 0.647. The van der Waals surface area contributed by atoms with E-state index in [4.69, 9.17) is 10.5 Å². The second kappa shape index (κ2) is 6.95. The first-order valence-corrected chi connectivity index (χ1v) is 7.68. The van der Waals surface area contributed by atoms with Crippen LogP contribution < -0.4 is 10.5 Å². The molecule has 2 nitrogen and oxygen atoms in total. The molecule has 3 unspecified atom stereocenters. The highest BCUT2D eigenvalue weighted by molar-refractivity contribution is 5.28. The number of ether oxygens (including phenoxy) is 1. The molecule has 2 rings (SSSR count). The molecule has 1 aromatic rings. The molecule has 0 heterocycles. The van der Waals surface area contributed by atoms with Crippen molar-refractivity contribution in [3.8, 4) is 5.75 Å². The molecular formula is C17H27NO. The first kappa shape index (κ1) is 14.4. The summed E-state index contributed by atoms with van der Waals surface area (Å²) in [6, 6.07) is 8.76. The van der Waals surface area contributed by atoms with Gasteiger partial charge in [0.15, 0.2) is 0 Å². The van der Waals surface area contributed by atoms with Gasteiger partial charge in [-0.25, -0.2) is 0 Å². The van der Waals surface area contributed by atoms with E-state index in [0.717, 1.165) is 24.5 Å². The van der Waals surface area contributed by atoms with Crippen molar-refractivity contribution >= 4 is 0 Å². The molecule has 1 aromatic carbocycles. The molecule has 106 valence electrons. The van der Waals surface area contributed by atoms with Gasteiger partial charge in [0, 0.05) is 6.04 Å². The van der Waals surface area contributed by atoms with Crippen molar-refractivity contribution in [1.29, 1.82) is 0 Å². The van der Waals surface area contributed by atoms with Crippen molar-refractivity contribution in [2.24, 2.45) is 11.7 Å². The topological polar surface area (TPSA) is 35.2 Å². The highest BCUT2D eigenvalue weighted by atomic mass is 16.5. The summed E-state index contributed by atoms with van der Waals surface area (Å²) >= 11 is 0. The van der Waals surface area contributed by atoms with E-state index in [2.05, 4.69) is 38.1 Å². The number of hydrogen-bond acceptors (Lipinski definition) is 2. The van der Waals surface area contributed by atoms with Crippen LogP contribution in [0.1, 0.15) is 51.5 Å². The third-order valence-corrected chi connectivity index (χ3v) is 4.14. The number of hydrogen-bond donors (Lipinski definition) is 1. The predicted octanol–water partition coefficient (Wildman–Crippen LogP) is 3.92. The van der Waals surface area contributed by atoms with Crippen LogP contribution in [0.5, 0.6) is 5.75 Å². The van der Waals surface area contributed by atoms with Crippen LogP contribution in [0.4, 0.5) is 0 Å². The number of nitrogens with two attached hydrogens (primary N) is 1. The molecule has 0 bridgehead atoms. The zero-order valence-corrected chi connectivity index (χ0v) is 12.3. The van der Waals surface area contributed by atoms with Gasteiger partial charge in [-0.3, -0.25) is 0 Å². The molecule has 2 N–H and O–H groups in total. The molecule has 1 aliphatic rings. The van der Waals surface area contributed by atoms with Crippen LogP contribution in [0.15, 0.2) is 24.3 Å². The maximum Gasteiger partial charge on any atom is 0.119 e. The van der Waals surface area contributed by atoms with Crippen molar-refractivity contribution < 1.29 is 4.74 Å². The second-order valence-corrected chi connectivity index (χ2v) is 6.03. The minimum Gasteiger partial charge on any atom is -0.490 e. The molecule has 19 heavy (non-hydrogen) atoms. The highest BCUT2D eigenvalue weighted by Gasteiger charge is 2.20. The zero-order chi connectivity index (χ0) is 13.7. The second-order valence-electron chi connectivity index (χ2n) is 6.03. The fourth-order valence-electron chi connectivity index (χ4n) is 2.83. The Kier molecular flexibility index (Phi) is 5.26. The van der Waals surface area contributed by atoms with E-state index in [9.17, 15) is 0 Å². The molecule has 0 amide bonds. The molecule has 3 atom stereocenters. The van der Waals surface area contributed by atoms with E-state index in [-0.39, 0.29) is 6.04 Å². The van der Waals surface area contributed by atoms with E-state index in [1.54, 1.807) is 0 Å². The fourth-order valence-corrected chi connectivity index (χ4v) is 2.83. The third-order valence-electron chi connectivity index (χ3n) is 4.14. The number of benzene rings is 1. The van der Waals surface area contributed by atoms with Crippen LogP contribution in [0.25, 0.3) is 0 Å². The third kappa shape index (κ3) is 4.54. The minimum atomic E-state index is 0.269. The molecule has 2 heteroatoms.